The Morgan fingerprint density at radius 3 is 2.17 bits per heavy atom. The van der Waals surface area contributed by atoms with Crippen molar-refractivity contribution in [3.05, 3.63) is 0 Å². The van der Waals surface area contributed by atoms with E-state index in [9.17, 15) is 14.4 Å². The maximum Gasteiger partial charge on any atom is 0.312 e. The van der Waals surface area contributed by atoms with Gasteiger partial charge in [-0.05, 0) is 13.8 Å². The number of carbonyl (C=O) groups is 3. The predicted octanol–water partition coefficient (Wildman–Crippen LogP) is -1.61. The number of likely N-dealkylation sites (N-methyl/N-ethyl adjacent to an activating group) is 2. The lowest BCUT2D eigenvalue weighted by Gasteiger charge is -2.22. The third-order valence-electron chi connectivity index (χ3n) is 2.46. The second-order valence-electron chi connectivity index (χ2n) is 3.77. The number of hydrogen-bond donors (Lipinski definition) is 2. The highest BCUT2D eigenvalue weighted by Crippen LogP contribution is 1.93. The molecule has 7 nitrogen and oxygen atoms in total. The summed E-state index contributed by atoms with van der Waals surface area (Å²) in [5.74, 6) is -1.65. The van der Waals surface area contributed by atoms with Gasteiger partial charge in [-0.3, -0.25) is 14.4 Å². The molecule has 0 aliphatic heterocycles. The van der Waals surface area contributed by atoms with E-state index in [0.29, 0.717) is 13.1 Å². The Morgan fingerprint density at radius 2 is 1.72 bits per heavy atom. The Labute approximate surface area is 107 Å². The molecular formula is C11H22N4O3. The molecule has 3 amide bonds. The molecule has 0 atom stereocenters. The minimum atomic E-state index is -0.740. The average molecular weight is 258 g/mol. The van der Waals surface area contributed by atoms with Crippen molar-refractivity contribution < 1.29 is 14.4 Å². The summed E-state index contributed by atoms with van der Waals surface area (Å²) in [6, 6.07) is 0. The summed E-state index contributed by atoms with van der Waals surface area (Å²) in [5.41, 5.74) is 5.21. The van der Waals surface area contributed by atoms with E-state index < -0.39 is 11.8 Å². The molecule has 18 heavy (non-hydrogen) atoms. The molecule has 0 saturated heterocycles. The minimum absolute atomic E-state index is 0.101. The normalized spacial score (nSPS) is 9.78. The van der Waals surface area contributed by atoms with Crippen LogP contribution in [-0.2, 0) is 14.4 Å². The Kier molecular flexibility index (Phi) is 7.69. The molecule has 7 heteroatoms. The highest BCUT2D eigenvalue weighted by molar-refractivity contribution is 6.35. The van der Waals surface area contributed by atoms with Crippen LogP contribution in [0.25, 0.3) is 0 Å². The van der Waals surface area contributed by atoms with E-state index in [2.05, 4.69) is 5.32 Å². The molecule has 0 aliphatic carbocycles. The molecule has 0 aromatic rings. The van der Waals surface area contributed by atoms with Gasteiger partial charge in [0, 0.05) is 33.2 Å². The summed E-state index contributed by atoms with van der Waals surface area (Å²) in [4.78, 5) is 37.4. The van der Waals surface area contributed by atoms with Gasteiger partial charge in [-0.2, -0.15) is 0 Å². The molecule has 0 bridgehead atoms. The Morgan fingerprint density at radius 1 is 1.17 bits per heavy atom. The molecule has 0 unspecified atom stereocenters. The van der Waals surface area contributed by atoms with Gasteiger partial charge >= 0.3 is 11.8 Å². The van der Waals surface area contributed by atoms with Crippen LogP contribution in [0.15, 0.2) is 0 Å². The third kappa shape index (κ3) is 5.13. The first-order valence-corrected chi connectivity index (χ1v) is 5.99. The molecule has 0 aromatic heterocycles. The van der Waals surface area contributed by atoms with E-state index in [4.69, 9.17) is 5.73 Å². The number of nitrogens with two attached hydrogens (primary N) is 1. The Bertz CT molecular complexity index is 303. The van der Waals surface area contributed by atoms with Gasteiger partial charge in [0.05, 0.1) is 6.54 Å². The summed E-state index contributed by atoms with van der Waals surface area (Å²) < 4.78 is 0. The van der Waals surface area contributed by atoms with Crippen LogP contribution < -0.4 is 11.1 Å². The molecule has 0 aromatic carbocycles. The summed E-state index contributed by atoms with van der Waals surface area (Å²) in [5, 5.41) is 2.36. The van der Waals surface area contributed by atoms with E-state index >= 15 is 0 Å². The zero-order valence-corrected chi connectivity index (χ0v) is 11.2. The zero-order chi connectivity index (χ0) is 14.1. The molecule has 0 aliphatic rings. The van der Waals surface area contributed by atoms with Crippen LogP contribution in [0.4, 0.5) is 0 Å². The lowest BCUT2D eigenvalue weighted by atomic mass is 10.4. The van der Waals surface area contributed by atoms with Crippen LogP contribution in [-0.4, -0.2) is 67.3 Å². The Balaban J connectivity index is 4.30. The summed E-state index contributed by atoms with van der Waals surface area (Å²) in [7, 11) is 1.42. The lowest BCUT2D eigenvalue weighted by Crippen LogP contribution is -2.47. The van der Waals surface area contributed by atoms with Crippen LogP contribution in [0.1, 0.15) is 13.8 Å². The fourth-order valence-electron chi connectivity index (χ4n) is 1.39. The van der Waals surface area contributed by atoms with Crippen molar-refractivity contribution in [1.29, 1.82) is 0 Å². The fraction of sp³-hybridized carbons (Fsp3) is 0.727. The summed E-state index contributed by atoms with van der Waals surface area (Å²) >= 11 is 0. The van der Waals surface area contributed by atoms with Crippen molar-refractivity contribution in [3.8, 4) is 0 Å². The Hall–Kier alpha value is -1.63. The smallest absolute Gasteiger partial charge is 0.312 e. The van der Waals surface area contributed by atoms with Crippen molar-refractivity contribution >= 4 is 17.7 Å². The predicted molar refractivity (Wildman–Crippen MR) is 67.6 cm³/mol. The molecule has 0 rings (SSSR count). The van der Waals surface area contributed by atoms with Gasteiger partial charge in [-0.1, -0.05) is 0 Å². The molecule has 0 radical (unpaired) electrons. The maximum atomic E-state index is 11.7. The number of rotatable bonds is 6. The van der Waals surface area contributed by atoms with Crippen LogP contribution in [0.3, 0.4) is 0 Å². The first kappa shape index (κ1) is 16.4. The molecule has 3 N–H and O–H groups in total. The van der Waals surface area contributed by atoms with Gasteiger partial charge in [-0.15, -0.1) is 0 Å². The van der Waals surface area contributed by atoms with Crippen LogP contribution in [0.2, 0.25) is 0 Å². The van der Waals surface area contributed by atoms with Gasteiger partial charge < -0.3 is 20.9 Å². The van der Waals surface area contributed by atoms with E-state index in [1.165, 1.54) is 7.05 Å². The van der Waals surface area contributed by atoms with Gasteiger partial charge in [0.25, 0.3) is 0 Å². The summed E-state index contributed by atoms with van der Waals surface area (Å²) in [6.45, 7) is 5.28. The standard InChI is InChI=1S/C11H22N4O3/c1-4-15(5-2)9(16)8-14(3)11(18)10(17)13-7-6-12/h4-8,12H2,1-3H3,(H,13,17). The van der Waals surface area contributed by atoms with Crippen LogP contribution >= 0.6 is 0 Å². The number of nitrogens with zero attached hydrogens (tertiary/aromatic N) is 2. The van der Waals surface area contributed by atoms with Crippen LogP contribution in [0, 0.1) is 0 Å². The average Bonchev–Trinajstić information content (AvgIpc) is 2.36. The fourth-order valence-corrected chi connectivity index (χ4v) is 1.39. The molecular weight excluding hydrogens is 236 g/mol. The second-order valence-corrected chi connectivity index (χ2v) is 3.77. The van der Waals surface area contributed by atoms with E-state index in [0.717, 1.165) is 4.90 Å². The van der Waals surface area contributed by atoms with Crippen molar-refractivity contribution in [2.24, 2.45) is 5.73 Å². The largest absolute Gasteiger partial charge is 0.347 e. The van der Waals surface area contributed by atoms with Gasteiger partial charge in [0.2, 0.25) is 5.91 Å². The van der Waals surface area contributed by atoms with Gasteiger partial charge in [0.1, 0.15) is 0 Å². The maximum absolute atomic E-state index is 11.7. The number of nitrogens with one attached hydrogen (secondary N) is 1. The first-order chi connectivity index (χ1) is 8.47. The lowest BCUT2D eigenvalue weighted by molar-refractivity contribution is -0.147. The number of hydrogen-bond acceptors (Lipinski definition) is 4. The first-order valence-electron chi connectivity index (χ1n) is 5.99. The monoisotopic (exact) mass is 258 g/mol. The second kappa shape index (κ2) is 8.46. The third-order valence-corrected chi connectivity index (χ3v) is 2.46. The topological polar surface area (TPSA) is 95.7 Å². The number of amides is 3. The van der Waals surface area contributed by atoms with E-state index in [-0.39, 0.29) is 25.5 Å². The quantitative estimate of drug-likeness (QED) is 0.560. The highest BCUT2D eigenvalue weighted by atomic mass is 16.2. The molecule has 104 valence electrons. The van der Waals surface area contributed by atoms with E-state index in [1.807, 2.05) is 13.8 Å². The molecule has 0 saturated carbocycles. The molecule has 0 heterocycles. The van der Waals surface area contributed by atoms with Crippen molar-refractivity contribution in [2.75, 3.05) is 39.8 Å². The number of carbonyl (C=O) groups excluding carboxylic acids is 3. The van der Waals surface area contributed by atoms with Crippen molar-refractivity contribution in [2.45, 2.75) is 13.8 Å². The minimum Gasteiger partial charge on any atom is -0.347 e. The summed E-state index contributed by atoms with van der Waals surface area (Å²) in [6.07, 6.45) is 0. The molecule has 0 spiro atoms. The highest BCUT2D eigenvalue weighted by Gasteiger charge is 2.21. The van der Waals surface area contributed by atoms with Crippen molar-refractivity contribution in [1.82, 2.24) is 15.1 Å². The zero-order valence-electron chi connectivity index (χ0n) is 11.2. The van der Waals surface area contributed by atoms with E-state index in [1.54, 1.807) is 4.90 Å². The van der Waals surface area contributed by atoms with Crippen LogP contribution in [0.5, 0.6) is 0 Å². The van der Waals surface area contributed by atoms with Crippen molar-refractivity contribution in [3.63, 3.8) is 0 Å². The van der Waals surface area contributed by atoms with Gasteiger partial charge in [-0.25, -0.2) is 0 Å². The SMILES string of the molecule is CCN(CC)C(=O)CN(C)C(=O)C(=O)NCCN. The molecule has 0 fully saturated rings. The van der Waals surface area contributed by atoms with Gasteiger partial charge in [0.15, 0.2) is 0 Å².